The van der Waals surface area contributed by atoms with Crippen LogP contribution in [0.1, 0.15) is 26.0 Å². The number of carbonyl (C=O) groups is 2. The number of carbonyl (C=O) groups excluding carboxylic acids is 1. The van der Waals surface area contributed by atoms with Crippen molar-refractivity contribution < 1.29 is 19.1 Å². The van der Waals surface area contributed by atoms with Crippen LogP contribution in [0.3, 0.4) is 0 Å². The van der Waals surface area contributed by atoms with E-state index >= 15 is 0 Å². The molecule has 0 aliphatic carbocycles. The molecule has 1 aromatic rings. The highest BCUT2D eigenvalue weighted by Gasteiger charge is 2.20. The van der Waals surface area contributed by atoms with Gasteiger partial charge in [-0.1, -0.05) is 0 Å². The maximum atomic E-state index is 12.3. The van der Waals surface area contributed by atoms with E-state index in [1.165, 1.54) is 25.0 Å². The minimum Gasteiger partial charge on any atom is -0.478 e. The van der Waals surface area contributed by atoms with Crippen molar-refractivity contribution in [2.45, 2.75) is 26.8 Å². The largest absolute Gasteiger partial charge is 0.478 e. The van der Waals surface area contributed by atoms with Crippen molar-refractivity contribution in [2.24, 2.45) is 0 Å². The first-order valence-electron chi connectivity index (χ1n) is 6.06. The molecule has 0 aliphatic heterocycles. The maximum absolute atomic E-state index is 12.3. The smallest absolute Gasteiger partial charge is 0.331 e. The number of carboxylic acid groups (broad SMARTS) is 1. The summed E-state index contributed by atoms with van der Waals surface area (Å²) in [7, 11) is 0. The van der Waals surface area contributed by atoms with Crippen LogP contribution < -0.4 is 0 Å². The summed E-state index contributed by atoms with van der Waals surface area (Å²) in [4.78, 5) is 24.6. The van der Waals surface area contributed by atoms with Crippen molar-refractivity contribution in [3.63, 3.8) is 0 Å². The topological polar surface area (TPSA) is 94.5 Å². The number of nitriles is 1. The summed E-state index contributed by atoms with van der Waals surface area (Å²) < 4.78 is 5.17. The Morgan fingerprint density at radius 3 is 2.60 bits per heavy atom. The summed E-state index contributed by atoms with van der Waals surface area (Å²) in [5, 5.41) is 17.6. The summed E-state index contributed by atoms with van der Waals surface area (Å²) >= 11 is 0. The Morgan fingerprint density at radius 2 is 2.10 bits per heavy atom. The van der Waals surface area contributed by atoms with Crippen LogP contribution in [0.25, 0.3) is 0 Å². The third kappa shape index (κ3) is 3.99. The lowest BCUT2D eigenvalue weighted by Gasteiger charge is -2.21. The Labute approximate surface area is 116 Å². The van der Waals surface area contributed by atoms with Crippen LogP contribution in [0.2, 0.25) is 0 Å². The second kappa shape index (κ2) is 7.14. The van der Waals surface area contributed by atoms with E-state index in [1.54, 1.807) is 12.1 Å². The summed E-state index contributed by atoms with van der Waals surface area (Å²) in [6.45, 7) is 3.27. The van der Waals surface area contributed by atoms with Gasteiger partial charge in [0.2, 0.25) is 5.91 Å². The van der Waals surface area contributed by atoms with Crippen LogP contribution in [0.5, 0.6) is 0 Å². The highest BCUT2D eigenvalue weighted by molar-refractivity contribution is 6.01. The van der Waals surface area contributed by atoms with E-state index in [0.717, 1.165) is 0 Å². The number of furan rings is 1. The lowest BCUT2D eigenvalue weighted by Crippen LogP contribution is -2.32. The molecule has 106 valence electrons. The zero-order valence-corrected chi connectivity index (χ0v) is 11.4. The van der Waals surface area contributed by atoms with Crippen LogP contribution in [0, 0.1) is 11.3 Å². The van der Waals surface area contributed by atoms with Gasteiger partial charge in [-0.05, 0) is 26.0 Å². The van der Waals surface area contributed by atoms with Gasteiger partial charge in [0, 0.05) is 17.7 Å². The molecule has 0 bridgehead atoms. The van der Waals surface area contributed by atoms with Gasteiger partial charge in [-0.15, -0.1) is 0 Å². The van der Waals surface area contributed by atoms with Crippen molar-refractivity contribution in [3.05, 3.63) is 35.3 Å². The van der Waals surface area contributed by atoms with E-state index in [9.17, 15) is 9.59 Å². The van der Waals surface area contributed by atoms with Crippen LogP contribution in [0.4, 0.5) is 0 Å². The molecule has 0 spiro atoms. The summed E-state index contributed by atoms with van der Waals surface area (Å²) in [5.74, 6) is -0.956. The zero-order chi connectivity index (χ0) is 15.1. The molecule has 0 atom stereocenters. The fourth-order valence-corrected chi connectivity index (χ4v) is 1.59. The molecule has 0 fully saturated rings. The standard InChI is InChI=1S/C14H16N2O4/c1-10(11(2)14(18)19)13(17)16(7-4-6-15)9-12-5-3-8-20-12/h3,5,8H,4,7,9H2,1-2H3,(H,18,19). The molecule has 0 radical (unpaired) electrons. The number of nitrogens with zero attached hydrogens (tertiary/aromatic N) is 2. The molecule has 1 N–H and O–H groups in total. The fourth-order valence-electron chi connectivity index (χ4n) is 1.59. The predicted octanol–water partition coefficient (Wildman–Crippen LogP) is 1.94. The SMILES string of the molecule is CC(C(=O)O)=C(C)C(=O)N(CCC#N)Cc1ccco1. The molecule has 0 aliphatic rings. The van der Waals surface area contributed by atoms with Crippen LogP contribution in [0.15, 0.2) is 34.0 Å². The molecule has 0 saturated carbocycles. The van der Waals surface area contributed by atoms with Gasteiger partial charge >= 0.3 is 5.97 Å². The first-order valence-corrected chi connectivity index (χ1v) is 6.06. The maximum Gasteiger partial charge on any atom is 0.331 e. The quantitative estimate of drug-likeness (QED) is 0.801. The minimum atomic E-state index is -1.13. The highest BCUT2D eigenvalue weighted by atomic mass is 16.4. The first kappa shape index (κ1) is 15.5. The van der Waals surface area contributed by atoms with Gasteiger partial charge in [-0.2, -0.15) is 5.26 Å². The fraction of sp³-hybridized carbons (Fsp3) is 0.357. The van der Waals surface area contributed by atoms with Crippen LogP contribution in [-0.4, -0.2) is 28.4 Å². The van der Waals surface area contributed by atoms with Gasteiger partial charge < -0.3 is 14.4 Å². The molecule has 1 amide bonds. The van der Waals surface area contributed by atoms with Crippen molar-refractivity contribution in [1.82, 2.24) is 4.90 Å². The molecular formula is C14H16N2O4. The predicted molar refractivity (Wildman–Crippen MR) is 70.4 cm³/mol. The number of carboxylic acids is 1. The lowest BCUT2D eigenvalue weighted by atomic mass is 10.1. The Hall–Kier alpha value is -2.55. The molecule has 6 nitrogen and oxygen atoms in total. The van der Waals surface area contributed by atoms with Crippen molar-refractivity contribution in [3.8, 4) is 6.07 Å². The molecule has 1 rings (SSSR count). The van der Waals surface area contributed by atoms with E-state index in [0.29, 0.717) is 5.76 Å². The van der Waals surface area contributed by atoms with Gasteiger partial charge in [0.15, 0.2) is 0 Å². The summed E-state index contributed by atoms with van der Waals surface area (Å²) in [6.07, 6.45) is 1.67. The van der Waals surface area contributed by atoms with Gasteiger partial charge in [-0.25, -0.2) is 4.79 Å². The molecule has 1 aromatic heterocycles. The average molecular weight is 276 g/mol. The average Bonchev–Trinajstić information content (AvgIpc) is 2.93. The second-order valence-corrected chi connectivity index (χ2v) is 4.27. The van der Waals surface area contributed by atoms with E-state index in [-0.39, 0.29) is 30.7 Å². The van der Waals surface area contributed by atoms with Gasteiger partial charge in [0.1, 0.15) is 5.76 Å². The molecule has 1 heterocycles. The van der Waals surface area contributed by atoms with Crippen molar-refractivity contribution in [2.75, 3.05) is 6.54 Å². The Bertz CT molecular complexity index is 552. The number of rotatable bonds is 6. The Morgan fingerprint density at radius 1 is 1.40 bits per heavy atom. The van der Waals surface area contributed by atoms with Gasteiger partial charge in [0.05, 0.1) is 25.3 Å². The monoisotopic (exact) mass is 276 g/mol. The number of hydrogen-bond donors (Lipinski definition) is 1. The lowest BCUT2D eigenvalue weighted by molar-refractivity contribution is -0.134. The van der Waals surface area contributed by atoms with Crippen molar-refractivity contribution >= 4 is 11.9 Å². The van der Waals surface area contributed by atoms with E-state index in [4.69, 9.17) is 14.8 Å². The van der Waals surface area contributed by atoms with E-state index in [1.807, 2.05) is 6.07 Å². The normalized spacial score (nSPS) is 11.4. The number of amides is 1. The Balaban J connectivity index is 2.93. The van der Waals surface area contributed by atoms with Gasteiger partial charge in [0.25, 0.3) is 0 Å². The molecule has 0 saturated heterocycles. The zero-order valence-electron chi connectivity index (χ0n) is 11.4. The minimum absolute atomic E-state index is 0.00333. The molecule has 0 unspecified atom stereocenters. The van der Waals surface area contributed by atoms with Gasteiger partial charge in [-0.3, -0.25) is 4.79 Å². The summed E-state index contributed by atoms with van der Waals surface area (Å²) in [6, 6.07) is 5.39. The number of hydrogen-bond acceptors (Lipinski definition) is 4. The van der Waals surface area contributed by atoms with Crippen LogP contribution in [-0.2, 0) is 16.1 Å². The van der Waals surface area contributed by atoms with Crippen molar-refractivity contribution in [1.29, 1.82) is 5.26 Å². The molecule has 0 aromatic carbocycles. The Kier molecular flexibility index (Phi) is 5.54. The van der Waals surface area contributed by atoms with E-state index < -0.39 is 11.9 Å². The second-order valence-electron chi connectivity index (χ2n) is 4.27. The molecule has 20 heavy (non-hydrogen) atoms. The molecular weight excluding hydrogens is 260 g/mol. The highest BCUT2D eigenvalue weighted by Crippen LogP contribution is 2.13. The third-order valence-electron chi connectivity index (χ3n) is 2.91. The van der Waals surface area contributed by atoms with E-state index in [2.05, 4.69) is 0 Å². The van der Waals surface area contributed by atoms with Crippen LogP contribution >= 0.6 is 0 Å². The third-order valence-corrected chi connectivity index (χ3v) is 2.91. The molecule has 6 heteroatoms. The summed E-state index contributed by atoms with van der Waals surface area (Å²) in [5.41, 5.74) is 0.151. The first-order chi connectivity index (χ1) is 9.47. The number of aliphatic carboxylic acids is 1.